The molecule has 110 valence electrons. The molecule has 0 bridgehead atoms. The lowest BCUT2D eigenvalue weighted by molar-refractivity contribution is -0.167. The van der Waals surface area contributed by atoms with Crippen molar-refractivity contribution in [3.8, 4) is 0 Å². The number of nitrogens with one attached hydrogen (secondary N) is 1. The van der Waals surface area contributed by atoms with E-state index >= 15 is 0 Å². The number of ether oxygens (including phenoxy) is 1. The quantitative estimate of drug-likeness (QED) is 0.898. The van der Waals surface area contributed by atoms with Crippen LogP contribution in [-0.4, -0.2) is 32.2 Å². The first-order valence-corrected chi connectivity index (χ1v) is 8.61. The van der Waals surface area contributed by atoms with Crippen LogP contribution in [0.3, 0.4) is 0 Å². The molecule has 2 fully saturated rings. The van der Waals surface area contributed by atoms with E-state index in [0.29, 0.717) is 6.61 Å². The molecule has 2 saturated carbocycles. The highest BCUT2D eigenvalue weighted by atomic mass is 32.2. The molecule has 0 aliphatic heterocycles. The van der Waals surface area contributed by atoms with Gasteiger partial charge in [0.05, 0.1) is 6.10 Å². The van der Waals surface area contributed by atoms with E-state index in [2.05, 4.69) is 9.71 Å². The molecule has 1 aromatic rings. The zero-order valence-electron chi connectivity index (χ0n) is 11.6. The molecule has 1 N–H and O–H groups in total. The van der Waals surface area contributed by atoms with Crippen LogP contribution in [0.4, 0.5) is 0 Å². The maximum Gasteiger partial charge on any atom is 0.242 e. The summed E-state index contributed by atoms with van der Waals surface area (Å²) in [5.41, 5.74) is 0.0330. The number of aromatic nitrogens is 1. The highest BCUT2D eigenvalue weighted by molar-refractivity contribution is 7.89. The lowest BCUT2D eigenvalue weighted by Crippen LogP contribution is -2.67. The summed E-state index contributed by atoms with van der Waals surface area (Å²) in [4.78, 5) is 4.10. The number of nitrogens with zero attached hydrogens (tertiary/aromatic N) is 1. The van der Waals surface area contributed by atoms with Gasteiger partial charge in [0.2, 0.25) is 10.0 Å². The van der Waals surface area contributed by atoms with E-state index in [1.165, 1.54) is 6.20 Å². The summed E-state index contributed by atoms with van der Waals surface area (Å²) in [6, 6.07) is 3.21. The highest BCUT2D eigenvalue weighted by Gasteiger charge is 2.59. The second-order valence-corrected chi connectivity index (χ2v) is 7.34. The Labute approximate surface area is 119 Å². The lowest BCUT2D eigenvalue weighted by Gasteiger charge is -2.60. The van der Waals surface area contributed by atoms with Gasteiger partial charge < -0.3 is 4.74 Å². The second kappa shape index (κ2) is 5.09. The molecule has 3 rings (SSSR count). The van der Waals surface area contributed by atoms with E-state index in [4.69, 9.17) is 4.74 Å². The predicted molar refractivity (Wildman–Crippen MR) is 74.7 cm³/mol. The van der Waals surface area contributed by atoms with E-state index in [-0.39, 0.29) is 22.5 Å². The fourth-order valence-corrected chi connectivity index (χ4v) is 4.66. The van der Waals surface area contributed by atoms with Crippen molar-refractivity contribution in [2.75, 3.05) is 6.61 Å². The summed E-state index contributed by atoms with van der Waals surface area (Å²) in [6.45, 7) is 2.67. The van der Waals surface area contributed by atoms with Crippen molar-refractivity contribution < 1.29 is 13.2 Å². The first-order chi connectivity index (χ1) is 9.58. The van der Waals surface area contributed by atoms with Gasteiger partial charge in [-0.05, 0) is 38.3 Å². The molecular weight excluding hydrogens is 276 g/mol. The van der Waals surface area contributed by atoms with Crippen LogP contribution >= 0.6 is 0 Å². The summed E-state index contributed by atoms with van der Waals surface area (Å²) in [5, 5.41) is 0. The van der Waals surface area contributed by atoms with Crippen LogP contribution < -0.4 is 4.72 Å². The average molecular weight is 296 g/mol. The number of rotatable bonds is 5. The Morgan fingerprint density at radius 3 is 2.85 bits per heavy atom. The molecule has 2 atom stereocenters. The van der Waals surface area contributed by atoms with Crippen molar-refractivity contribution in [2.24, 2.45) is 5.41 Å². The van der Waals surface area contributed by atoms with Crippen LogP contribution in [-0.2, 0) is 14.8 Å². The van der Waals surface area contributed by atoms with Gasteiger partial charge in [-0.15, -0.1) is 0 Å². The molecule has 2 aliphatic carbocycles. The van der Waals surface area contributed by atoms with E-state index < -0.39 is 10.0 Å². The van der Waals surface area contributed by atoms with Gasteiger partial charge in [0.15, 0.2) is 0 Å². The van der Waals surface area contributed by atoms with E-state index in [1.54, 1.807) is 18.3 Å². The minimum absolute atomic E-state index is 0.00185. The summed E-state index contributed by atoms with van der Waals surface area (Å²) in [6.07, 6.45) is 7.20. The molecule has 20 heavy (non-hydrogen) atoms. The molecule has 0 saturated heterocycles. The molecule has 0 unspecified atom stereocenters. The fourth-order valence-electron chi connectivity index (χ4n) is 3.36. The minimum atomic E-state index is -3.47. The Morgan fingerprint density at radius 1 is 1.50 bits per heavy atom. The van der Waals surface area contributed by atoms with Gasteiger partial charge in [-0.2, -0.15) is 0 Å². The van der Waals surface area contributed by atoms with Gasteiger partial charge in [0.25, 0.3) is 0 Å². The highest BCUT2D eigenvalue weighted by Crippen LogP contribution is 2.57. The summed E-state index contributed by atoms with van der Waals surface area (Å²) >= 11 is 0. The van der Waals surface area contributed by atoms with Crippen LogP contribution in [0.25, 0.3) is 0 Å². The van der Waals surface area contributed by atoms with E-state index in [9.17, 15) is 8.42 Å². The number of pyridine rings is 1. The van der Waals surface area contributed by atoms with Gasteiger partial charge in [-0.1, -0.05) is 6.42 Å². The lowest BCUT2D eigenvalue weighted by atomic mass is 9.51. The molecule has 6 heteroatoms. The Balaban J connectivity index is 1.73. The minimum Gasteiger partial charge on any atom is -0.378 e. The molecule has 0 amide bonds. The first kappa shape index (κ1) is 14.0. The Bertz CT molecular complexity index is 569. The van der Waals surface area contributed by atoms with Crippen LogP contribution in [0.2, 0.25) is 0 Å². The molecular formula is C14H20N2O3S. The smallest absolute Gasteiger partial charge is 0.242 e. The maximum atomic E-state index is 12.3. The normalized spacial score (nSPS) is 27.9. The summed E-state index contributed by atoms with van der Waals surface area (Å²) in [5.74, 6) is 0. The number of hydrogen-bond donors (Lipinski definition) is 1. The van der Waals surface area contributed by atoms with Crippen molar-refractivity contribution in [3.05, 3.63) is 24.5 Å². The molecule has 1 heterocycles. The molecule has 0 aromatic carbocycles. The average Bonchev–Trinajstić information content (AvgIpc) is 2.36. The van der Waals surface area contributed by atoms with Gasteiger partial charge >= 0.3 is 0 Å². The molecule has 0 radical (unpaired) electrons. The predicted octanol–water partition coefficient (Wildman–Crippen LogP) is 1.71. The van der Waals surface area contributed by atoms with Crippen molar-refractivity contribution in [2.45, 2.75) is 49.6 Å². The standard InChI is InChI=1S/C14H20N2O3S/c1-2-19-13-9-12(14(13)6-4-7-14)16-20(17,18)11-5-3-8-15-10-11/h3,5,8,10,12-13,16H,2,4,6-7,9H2,1H3/t12-,13+/m0/s1. The van der Waals surface area contributed by atoms with Gasteiger partial charge in [-0.3, -0.25) is 4.98 Å². The molecule has 2 aliphatic rings. The molecule has 1 spiro atoms. The fraction of sp³-hybridized carbons (Fsp3) is 0.643. The summed E-state index contributed by atoms with van der Waals surface area (Å²) in [7, 11) is -3.47. The van der Waals surface area contributed by atoms with Crippen molar-refractivity contribution in [3.63, 3.8) is 0 Å². The van der Waals surface area contributed by atoms with E-state index in [1.807, 2.05) is 6.92 Å². The third-order valence-corrected chi connectivity index (χ3v) is 6.14. The topological polar surface area (TPSA) is 68.3 Å². The largest absolute Gasteiger partial charge is 0.378 e. The van der Waals surface area contributed by atoms with Gasteiger partial charge in [0, 0.05) is 30.5 Å². The van der Waals surface area contributed by atoms with Crippen LogP contribution in [0.15, 0.2) is 29.4 Å². The van der Waals surface area contributed by atoms with Crippen molar-refractivity contribution in [1.29, 1.82) is 0 Å². The SMILES string of the molecule is CCO[C@@H]1C[C@H](NS(=O)(=O)c2cccnc2)C12CCC2. The van der Waals surface area contributed by atoms with Crippen LogP contribution in [0.5, 0.6) is 0 Å². The number of sulfonamides is 1. The Kier molecular flexibility index (Phi) is 3.56. The zero-order valence-corrected chi connectivity index (χ0v) is 12.4. The van der Waals surface area contributed by atoms with Crippen LogP contribution in [0.1, 0.15) is 32.6 Å². The third kappa shape index (κ3) is 2.16. The summed E-state index contributed by atoms with van der Waals surface area (Å²) < 4.78 is 33.3. The third-order valence-electron chi connectivity index (χ3n) is 4.68. The number of hydrogen-bond acceptors (Lipinski definition) is 4. The van der Waals surface area contributed by atoms with Crippen molar-refractivity contribution in [1.82, 2.24) is 9.71 Å². The monoisotopic (exact) mass is 296 g/mol. The molecule has 1 aromatic heterocycles. The van der Waals surface area contributed by atoms with Gasteiger partial charge in [0.1, 0.15) is 4.90 Å². The van der Waals surface area contributed by atoms with Gasteiger partial charge in [-0.25, -0.2) is 13.1 Å². The maximum absolute atomic E-state index is 12.3. The first-order valence-electron chi connectivity index (χ1n) is 7.12. The Hall–Kier alpha value is -0.980. The Morgan fingerprint density at radius 2 is 2.30 bits per heavy atom. The second-order valence-electron chi connectivity index (χ2n) is 5.63. The molecule has 5 nitrogen and oxygen atoms in total. The van der Waals surface area contributed by atoms with Crippen LogP contribution in [0, 0.1) is 5.41 Å². The van der Waals surface area contributed by atoms with E-state index in [0.717, 1.165) is 25.7 Å². The zero-order chi connectivity index (χ0) is 14.2. The van der Waals surface area contributed by atoms with Crippen molar-refractivity contribution >= 4 is 10.0 Å².